The van der Waals surface area contributed by atoms with Gasteiger partial charge in [-0.1, -0.05) is 12.1 Å². The lowest BCUT2D eigenvalue weighted by Crippen LogP contribution is -2.09. The van der Waals surface area contributed by atoms with Gasteiger partial charge in [0.05, 0.1) is 17.4 Å². The topological polar surface area (TPSA) is 76.1 Å². The molecule has 1 amide bonds. The third kappa shape index (κ3) is 5.42. The van der Waals surface area contributed by atoms with Gasteiger partial charge in [0, 0.05) is 12.3 Å². The average Bonchev–Trinajstić information content (AvgIpc) is 2.52. The smallest absolute Gasteiger partial charge is 0.321 e. The molecule has 9 heteroatoms. The van der Waals surface area contributed by atoms with Crippen LogP contribution in [0.3, 0.4) is 0 Å². The number of benzene rings is 1. The molecule has 0 aliphatic rings. The first-order valence-electron chi connectivity index (χ1n) is 6.88. The van der Waals surface area contributed by atoms with E-state index in [9.17, 15) is 26.4 Å². The monoisotopic (exact) mass is 370 g/mol. The van der Waals surface area contributed by atoms with Gasteiger partial charge in [-0.3, -0.25) is 4.79 Å². The first kappa shape index (κ1) is 18.7. The Morgan fingerprint density at radius 3 is 2.24 bits per heavy atom. The first-order valence-corrected chi connectivity index (χ1v) is 8.77. The number of sulfone groups is 1. The summed E-state index contributed by atoms with van der Waals surface area (Å²) in [6, 6.07) is 6.97. The maximum absolute atomic E-state index is 12.5. The molecule has 0 aliphatic carbocycles. The van der Waals surface area contributed by atoms with Crippen LogP contribution in [0.15, 0.2) is 53.7 Å². The fourth-order valence-corrected chi connectivity index (χ4v) is 2.37. The van der Waals surface area contributed by atoms with Gasteiger partial charge >= 0.3 is 6.18 Å². The molecule has 132 valence electrons. The van der Waals surface area contributed by atoms with Crippen molar-refractivity contribution in [2.24, 2.45) is 0 Å². The number of anilines is 1. The fraction of sp³-hybridized carbons (Fsp3) is 0.125. The van der Waals surface area contributed by atoms with Gasteiger partial charge in [0.1, 0.15) is 0 Å². The second kappa shape index (κ2) is 7.06. The molecule has 1 aromatic carbocycles. The van der Waals surface area contributed by atoms with E-state index in [0.717, 1.165) is 24.5 Å². The van der Waals surface area contributed by atoms with Gasteiger partial charge in [-0.15, -0.1) is 0 Å². The number of alkyl halides is 3. The van der Waals surface area contributed by atoms with Gasteiger partial charge in [-0.2, -0.15) is 13.2 Å². The summed E-state index contributed by atoms with van der Waals surface area (Å²) < 4.78 is 59.9. The number of hydrogen-bond acceptors (Lipinski definition) is 4. The minimum atomic E-state index is -4.41. The summed E-state index contributed by atoms with van der Waals surface area (Å²) in [4.78, 5) is 15.5. The molecule has 0 spiro atoms. The number of halogens is 3. The summed E-state index contributed by atoms with van der Waals surface area (Å²) in [6.07, 6.45) is 0.298. The Hall–Kier alpha value is -2.68. The quantitative estimate of drug-likeness (QED) is 0.839. The van der Waals surface area contributed by atoms with E-state index >= 15 is 0 Å². The maximum Gasteiger partial charge on any atom is 0.416 e. The van der Waals surface area contributed by atoms with Crippen LogP contribution < -0.4 is 5.32 Å². The van der Waals surface area contributed by atoms with Gasteiger partial charge < -0.3 is 5.32 Å². The number of nitrogens with zero attached hydrogens (tertiary/aromatic N) is 1. The lowest BCUT2D eigenvalue weighted by molar-refractivity contribution is -0.137. The summed E-state index contributed by atoms with van der Waals surface area (Å²) >= 11 is 0. The highest BCUT2D eigenvalue weighted by Gasteiger charge is 2.29. The van der Waals surface area contributed by atoms with Gasteiger partial charge in [0.2, 0.25) is 5.91 Å². The van der Waals surface area contributed by atoms with Gasteiger partial charge in [-0.25, -0.2) is 13.4 Å². The third-order valence-corrected chi connectivity index (χ3v) is 4.05. The van der Waals surface area contributed by atoms with Crippen molar-refractivity contribution < 1.29 is 26.4 Å². The number of aromatic nitrogens is 1. The molecule has 5 nitrogen and oxygen atoms in total. The maximum atomic E-state index is 12.5. The van der Waals surface area contributed by atoms with Crippen molar-refractivity contribution in [2.75, 3.05) is 11.6 Å². The van der Waals surface area contributed by atoms with Crippen molar-refractivity contribution in [3.05, 3.63) is 59.8 Å². The molecule has 0 saturated heterocycles. The fourth-order valence-electron chi connectivity index (χ4n) is 1.81. The standard InChI is InChI=1S/C16H13F3N2O3S/c1-25(23,24)15-9-7-13(10-20-15)21-14(22)8-4-11-2-5-12(6-3-11)16(17,18)19/h2-10H,1H3,(H,21,22). The predicted octanol–water partition coefficient (Wildman–Crippen LogP) is 3.16. The number of nitrogens with one attached hydrogen (secondary N) is 1. The van der Waals surface area contributed by atoms with Crippen molar-refractivity contribution in [3.63, 3.8) is 0 Å². The minimum absolute atomic E-state index is 0.120. The average molecular weight is 370 g/mol. The Morgan fingerprint density at radius 1 is 1.12 bits per heavy atom. The van der Waals surface area contributed by atoms with Crippen LogP contribution in [0.2, 0.25) is 0 Å². The molecule has 0 atom stereocenters. The molecule has 2 rings (SSSR count). The lowest BCUT2D eigenvalue weighted by Gasteiger charge is -2.06. The van der Waals surface area contributed by atoms with E-state index in [-0.39, 0.29) is 10.7 Å². The lowest BCUT2D eigenvalue weighted by atomic mass is 10.1. The Balaban J connectivity index is 2.01. The molecule has 0 saturated carbocycles. The van der Waals surface area contributed by atoms with E-state index in [1.165, 1.54) is 36.5 Å². The molecule has 1 aromatic heterocycles. The Morgan fingerprint density at radius 2 is 1.76 bits per heavy atom. The largest absolute Gasteiger partial charge is 0.416 e. The van der Waals surface area contributed by atoms with Crippen molar-refractivity contribution in [3.8, 4) is 0 Å². The van der Waals surface area contributed by atoms with Crippen LogP contribution >= 0.6 is 0 Å². The van der Waals surface area contributed by atoms with Crippen molar-refractivity contribution in [2.45, 2.75) is 11.2 Å². The van der Waals surface area contributed by atoms with Crippen LogP contribution in [0.5, 0.6) is 0 Å². The summed E-state index contributed by atoms with van der Waals surface area (Å²) in [5, 5.41) is 2.34. The molecule has 0 bridgehead atoms. The molecule has 0 fully saturated rings. The highest BCUT2D eigenvalue weighted by atomic mass is 32.2. The highest BCUT2D eigenvalue weighted by molar-refractivity contribution is 7.90. The highest BCUT2D eigenvalue weighted by Crippen LogP contribution is 2.29. The van der Waals surface area contributed by atoms with Crippen molar-refractivity contribution >= 4 is 27.5 Å². The van der Waals surface area contributed by atoms with Crippen LogP contribution in [0.1, 0.15) is 11.1 Å². The number of carbonyl (C=O) groups excluding carboxylic acids is 1. The summed E-state index contributed by atoms with van der Waals surface area (Å²) in [5.74, 6) is -0.534. The summed E-state index contributed by atoms with van der Waals surface area (Å²) in [7, 11) is -3.43. The van der Waals surface area contributed by atoms with Crippen LogP contribution in [-0.4, -0.2) is 25.6 Å². The van der Waals surface area contributed by atoms with Crippen LogP contribution in [0, 0.1) is 0 Å². The molecular formula is C16H13F3N2O3S. The Kier molecular flexibility index (Phi) is 5.27. The zero-order chi connectivity index (χ0) is 18.7. The number of pyridine rings is 1. The Labute approximate surface area is 142 Å². The van der Waals surface area contributed by atoms with E-state index in [4.69, 9.17) is 0 Å². The zero-order valence-corrected chi connectivity index (χ0v) is 13.7. The van der Waals surface area contributed by atoms with Crippen LogP contribution in [0.4, 0.5) is 18.9 Å². The van der Waals surface area contributed by atoms with E-state index in [0.29, 0.717) is 5.56 Å². The van der Waals surface area contributed by atoms with E-state index in [2.05, 4.69) is 10.3 Å². The number of carbonyl (C=O) groups is 1. The molecule has 2 aromatic rings. The summed E-state index contributed by atoms with van der Waals surface area (Å²) in [6.45, 7) is 0. The number of rotatable bonds is 4. The second-order valence-electron chi connectivity index (χ2n) is 5.10. The minimum Gasteiger partial charge on any atom is -0.321 e. The third-order valence-electron chi connectivity index (χ3n) is 3.05. The molecular weight excluding hydrogens is 357 g/mol. The van der Waals surface area contributed by atoms with Gasteiger partial charge in [-0.05, 0) is 35.9 Å². The predicted molar refractivity (Wildman–Crippen MR) is 86.5 cm³/mol. The van der Waals surface area contributed by atoms with E-state index in [1.807, 2.05) is 0 Å². The number of amides is 1. The molecule has 1 N–H and O–H groups in total. The zero-order valence-electron chi connectivity index (χ0n) is 12.9. The Bertz CT molecular complexity index is 888. The van der Waals surface area contributed by atoms with Crippen LogP contribution in [0.25, 0.3) is 6.08 Å². The molecule has 1 heterocycles. The molecule has 0 aliphatic heterocycles. The van der Waals surface area contributed by atoms with Crippen molar-refractivity contribution in [1.82, 2.24) is 4.98 Å². The van der Waals surface area contributed by atoms with Crippen molar-refractivity contribution in [1.29, 1.82) is 0 Å². The molecule has 0 radical (unpaired) electrons. The van der Waals surface area contributed by atoms with Crippen LogP contribution in [-0.2, 0) is 20.8 Å². The van der Waals surface area contributed by atoms with Gasteiger partial charge in [0.15, 0.2) is 14.9 Å². The van der Waals surface area contributed by atoms with Gasteiger partial charge in [0.25, 0.3) is 0 Å². The SMILES string of the molecule is CS(=O)(=O)c1ccc(NC(=O)C=Cc2ccc(C(F)(F)F)cc2)cn1. The normalized spacial score (nSPS) is 12.3. The first-order chi connectivity index (χ1) is 11.6. The molecule has 25 heavy (non-hydrogen) atoms. The number of hydrogen-bond donors (Lipinski definition) is 1. The molecule has 0 unspecified atom stereocenters. The van der Waals surface area contributed by atoms with E-state index < -0.39 is 27.5 Å². The van der Waals surface area contributed by atoms with E-state index in [1.54, 1.807) is 0 Å². The second-order valence-corrected chi connectivity index (χ2v) is 7.06. The summed E-state index contributed by atoms with van der Waals surface area (Å²) in [5.41, 5.74) is -0.0608.